The van der Waals surface area contributed by atoms with Gasteiger partial charge in [-0.15, -0.1) is 0 Å². The Morgan fingerprint density at radius 3 is 1.71 bits per heavy atom. The highest BCUT2D eigenvalue weighted by atomic mass is 16.4. The molecule has 94 valence electrons. The van der Waals surface area contributed by atoms with Gasteiger partial charge in [-0.25, -0.2) is 0 Å². The van der Waals surface area contributed by atoms with Gasteiger partial charge in [-0.05, 0) is 80.8 Å². The summed E-state index contributed by atoms with van der Waals surface area (Å²) in [4.78, 5) is 10.5. The van der Waals surface area contributed by atoms with Crippen molar-refractivity contribution in [1.82, 2.24) is 0 Å². The summed E-state index contributed by atoms with van der Waals surface area (Å²) in [6, 6.07) is 0. The number of carboxylic acid groups (broad SMARTS) is 1. The van der Waals surface area contributed by atoms with Gasteiger partial charge in [-0.3, -0.25) is 4.79 Å². The lowest BCUT2D eigenvalue weighted by Crippen LogP contribution is -2.04. The van der Waals surface area contributed by atoms with Gasteiger partial charge in [0.15, 0.2) is 0 Å². The standard InChI is InChI=1S/C15H22O2/c1-9-10(2)12(4)14(13(5)11(9)3)7-6-8-15(16)17/h6-8H2,1-5H3,(H,16,17). The summed E-state index contributed by atoms with van der Waals surface area (Å²) in [5.74, 6) is -0.708. The fourth-order valence-corrected chi connectivity index (χ4v) is 2.37. The van der Waals surface area contributed by atoms with E-state index in [1.54, 1.807) is 0 Å². The molecule has 0 atom stereocenters. The number of benzene rings is 1. The molecule has 0 saturated heterocycles. The maximum Gasteiger partial charge on any atom is 0.303 e. The second-order valence-electron chi connectivity index (χ2n) is 4.85. The molecule has 0 spiro atoms. The first-order valence-electron chi connectivity index (χ1n) is 6.13. The van der Waals surface area contributed by atoms with E-state index in [0.717, 1.165) is 12.8 Å². The molecule has 0 aliphatic carbocycles. The maximum absolute atomic E-state index is 10.5. The Morgan fingerprint density at radius 1 is 0.882 bits per heavy atom. The van der Waals surface area contributed by atoms with Crippen LogP contribution in [0.3, 0.4) is 0 Å². The fraction of sp³-hybridized carbons (Fsp3) is 0.533. The summed E-state index contributed by atoms with van der Waals surface area (Å²) in [6.45, 7) is 10.7. The Labute approximate surface area is 104 Å². The van der Waals surface area contributed by atoms with Crippen molar-refractivity contribution in [3.63, 3.8) is 0 Å². The van der Waals surface area contributed by atoms with Crippen LogP contribution in [-0.4, -0.2) is 11.1 Å². The number of rotatable bonds is 4. The molecule has 1 N–H and O–H groups in total. The molecule has 0 heterocycles. The van der Waals surface area contributed by atoms with Gasteiger partial charge in [-0.1, -0.05) is 0 Å². The van der Waals surface area contributed by atoms with Crippen LogP contribution in [0, 0.1) is 34.6 Å². The quantitative estimate of drug-likeness (QED) is 0.863. The molecular weight excluding hydrogens is 212 g/mol. The van der Waals surface area contributed by atoms with Gasteiger partial charge in [0.25, 0.3) is 0 Å². The number of carboxylic acids is 1. The third-order valence-corrected chi connectivity index (χ3v) is 3.97. The fourth-order valence-electron chi connectivity index (χ4n) is 2.37. The smallest absolute Gasteiger partial charge is 0.303 e. The highest BCUT2D eigenvalue weighted by Gasteiger charge is 2.12. The lowest BCUT2D eigenvalue weighted by atomic mass is 9.87. The molecule has 0 radical (unpaired) electrons. The van der Waals surface area contributed by atoms with Crippen molar-refractivity contribution in [2.24, 2.45) is 0 Å². The molecule has 0 fully saturated rings. The van der Waals surface area contributed by atoms with Gasteiger partial charge in [0.05, 0.1) is 0 Å². The van der Waals surface area contributed by atoms with E-state index < -0.39 is 5.97 Å². The van der Waals surface area contributed by atoms with Crippen LogP contribution in [0.25, 0.3) is 0 Å². The molecule has 0 saturated carbocycles. The minimum absolute atomic E-state index is 0.255. The third kappa shape index (κ3) is 2.87. The molecule has 1 aromatic carbocycles. The molecule has 1 rings (SSSR count). The second-order valence-corrected chi connectivity index (χ2v) is 4.85. The Kier molecular flexibility index (Phi) is 4.33. The van der Waals surface area contributed by atoms with Gasteiger partial charge in [-0.2, -0.15) is 0 Å². The Morgan fingerprint density at radius 2 is 1.29 bits per heavy atom. The van der Waals surface area contributed by atoms with Crippen molar-refractivity contribution < 1.29 is 9.90 Å². The summed E-state index contributed by atoms with van der Waals surface area (Å²) in [5.41, 5.74) is 8.05. The average molecular weight is 234 g/mol. The van der Waals surface area contributed by atoms with Crippen molar-refractivity contribution in [2.45, 2.75) is 53.9 Å². The van der Waals surface area contributed by atoms with Crippen LogP contribution in [-0.2, 0) is 11.2 Å². The summed E-state index contributed by atoms with van der Waals surface area (Å²) in [6.07, 6.45) is 1.84. The monoisotopic (exact) mass is 234 g/mol. The van der Waals surface area contributed by atoms with E-state index in [4.69, 9.17) is 5.11 Å². The number of hydrogen-bond acceptors (Lipinski definition) is 1. The number of hydrogen-bond donors (Lipinski definition) is 1. The van der Waals surface area contributed by atoms with E-state index in [9.17, 15) is 4.79 Å². The molecule has 17 heavy (non-hydrogen) atoms. The Bertz CT molecular complexity index is 416. The topological polar surface area (TPSA) is 37.3 Å². The third-order valence-electron chi connectivity index (χ3n) is 3.97. The van der Waals surface area contributed by atoms with Gasteiger partial charge < -0.3 is 5.11 Å². The SMILES string of the molecule is Cc1c(C)c(C)c(CCCC(=O)O)c(C)c1C. The minimum atomic E-state index is -0.708. The lowest BCUT2D eigenvalue weighted by Gasteiger charge is -2.18. The van der Waals surface area contributed by atoms with Crippen molar-refractivity contribution in [2.75, 3.05) is 0 Å². The van der Waals surface area contributed by atoms with Crippen LogP contribution in [0.4, 0.5) is 0 Å². The van der Waals surface area contributed by atoms with E-state index in [0.29, 0.717) is 0 Å². The van der Waals surface area contributed by atoms with E-state index >= 15 is 0 Å². The maximum atomic E-state index is 10.5. The van der Waals surface area contributed by atoms with Crippen LogP contribution < -0.4 is 0 Å². The summed E-state index contributed by atoms with van der Waals surface area (Å²) < 4.78 is 0. The summed E-state index contributed by atoms with van der Waals surface area (Å²) in [5, 5.41) is 8.68. The minimum Gasteiger partial charge on any atom is -0.481 e. The number of carbonyl (C=O) groups is 1. The van der Waals surface area contributed by atoms with Crippen molar-refractivity contribution in [1.29, 1.82) is 0 Å². The first-order chi connectivity index (χ1) is 7.86. The van der Waals surface area contributed by atoms with Crippen LogP contribution in [0.1, 0.15) is 46.2 Å². The predicted molar refractivity (Wildman–Crippen MR) is 70.7 cm³/mol. The normalized spacial score (nSPS) is 10.6. The van der Waals surface area contributed by atoms with Crippen LogP contribution >= 0.6 is 0 Å². The highest BCUT2D eigenvalue weighted by Crippen LogP contribution is 2.27. The first-order valence-corrected chi connectivity index (χ1v) is 6.13. The predicted octanol–water partition coefficient (Wildman–Crippen LogP) is 3.64. The van der Waals surface area contributed by atoms with Gasteiger partial charge in [0, 0.05) is 6.42 Å². The molecule has 0 unspecified atom stereocenters. The number of aliphatic carboxylic acids is 1. The zero-order valence-corrected chi connectivity index (χ0v) is 11.5. The van der Waals surface area contributed by atoms with E-state index in [1.807, 2.05) is 0 Å². The van der Waals surface area contributed by atoms with E-state index in [2.05, 4.69) is 34.6 Å². The molecule has 2 nitrogen and oxygen atoms in total. The molecule has 2 heteroatoms. The van der Waals surface area contributed by atoms with Gasteiger partial charge >= 0.3 is 5.97 Å². The van der Waals surface area contributed by atoms with E-state index in [1.165, 1.54) is 33.4 Å². The molecular formula is C15H22O2. The zero-order chi connectivity index (χ0) is 13.2. The molecule has 0 aliphatic rings. The Balaban J connectivity index is 3.03. The zero-order valence-electron chi connectivity index (χ0n) is 11.5. The Hall–Kier alpha value is -1.31. The lowest BCUT2D eigenvalue weighted by molar-refractivity contribution is -0.137. The second kappa shape index (κ2) is 5.35. The van der Waals surface area contributed by atoms with Crippen LogP contribution in [0.15, 0.2) is 0 Å². The average Bonchev–Trinajstić information content (AvgIpc) is 2.28. The van der Waals surface area contributed by atoms with E-state index in [-0.39, 0.29) is 6.42 Å². The summed E-state index contributed by atoms with van der Waals surface area (Å²) in [7, 11) is 0. The molecule has 1 aromatic rings. The largest absolute Gasteiger partial charge is 0.481 e. The molecule has 0 aliphatic heterocycles. The van der Waals surface area contributed by atoms with Crippen molar-refractivity contribution >= 4 is 5.97 Å². The van der Waals surface area contributed by atoms with Crippen LogP contribution in [0.5, 0.6) is 0 Å². The molecule has 0 amide bonds. The first kappa shape index (κ1) is 13.8. The molecule has 0 aromatic heterocycles. The van der Waals surface area contributed by atoms with Crippen molar-refractivity contribution in [3.05, 3.63) is 33.4 Å². The van der Waals surface area contributed by atoms with Crippen LogP contribution in [0.2, 0.25) is 0 Å². The van der Waals surface area contributed by atoms with Gasteiger partial charge in [0.2, 0.25) is 0 Å². The van der Waals surface area contributed by atoms with Crippen molar-refractivity contribution in [3.8, 4) is 0 Å². The summed E-state index contributed by atoms with van der Waals surface area (Å²) >= 11 is 0. The molecule has 0 bridgehead atoms. The van der Waals surface area contributed by atoms with Gasteiger partial charge in [0.1, 0.15) is 0 Å². The highest BCUT2D eigenvalue weighted by molar-refractivity contribution is 5.66.